The summed E-state index contributed by atoms with van der Waals surface area (Å²) < 4.78 is 2.11. The molecule has 0 aliphatic rings. The highest BCUT2D eigenvalue weighted by atomic mass is 32.2. The van der Waals surface area contributed by atoms with E-state index >= 15 is 0 Å². The average Bonchev–Trinajstić information content (AvgIpc) is 3.05. The van der Waals surface area contributed by atoms with Crippen LogP contribution >= 0.6 is 21.2 Å². The predicted molar refractivity (Wildman–Crippen MR) is 215 cm³/mol. The molecule has 274 valence electrons. The van der Waals surface area contributed by atoms with E-state index in [1.54, 1.807) is 11.9 Å². The number of allylic oxidation sites excluding steroid dienone is 4. The molecule has 0 fully saturated rings. The van der Waals surface area contributed by atoms with E-state index < -0.39 is 12.1 Å². The van der Waals surface area contributed by atoms with Crippen molar-refractivity contribution >= 4 is 38.3 Å². The van der Waals surface area contributed by atoms with Crippen LogP contribution in [0.25, 0.3) is 0 Å². The van der Waals surface area contributed by atoms with E-state index in [2.05, 4.69) is 64.1 Å². The van der Waals surface area contributed by atoms with Crippen molar-refractivity contribution in [1.82, 2.24) is 20.3 Å². The Labute approximate surface area is 304 Å². The fourth-order valence-electron chi connectivity index (χ4n) is 4.14. The van der Waals surface area contributed by atoms with Crippen molar-refractivity contribution in [2.24, 2.45) is 17.6 Å². The zero-order valence-electron chi connectivity index (χ0n) is 31.1. The zero-order chi connectivity index (χ0) is 37.0. The highest BCUT2D eigenvalue weighted by molar-refractivity contribution is 7.99. The fourth-order valence-corrected chi connectivity index (χ4v) is 5.46. The second-order valence-electron chi connectivity index (χ2n) is 12.4. The molecule has 3 atom stereocenters. The van der Waals surface area contributed by atoms with E-state index in [1.807, 2.05) is 105 Å². The van der Waals surface area contributed by atoms with Crippen LogP contribution in [0, 0.1) is 11.8 Å². The molecule has 2 rings (SSSR count). The Morgan fingerprint density at radius 3 is 2.20 bits per heavy atom. The summed E-state index contributed by atoms with van der Waals surface area (Å²) >= 11 is 1.54. The summed E-state index contributed by atoms with van der Waals surface area (Å²) in [5.74, 6) is 0.601. The van der Waals surface area contributed by atoms with Crippen LogP contribution in [0.5, 0.6) is 0 Å². The van der Waals surface area contributed by atoms with Crippen LogP contribution in [0.1, 0.15) is 72.9 Å². The Balaban J connectivity index is 0.00000356. The highest BCUT2D eigenvalue weighted by Gasteiger charge is 2.25. The second kappa shape index (κ2) is 28.9. The van der Waals surface area contributed by atoms with Crippen LogP contribution in [0.4, 0.5) is 0 Å². The van der Waals surface area contributed by atoms with E-state index in [1.165, 1.54) is 0 Å². The smallest absolute Gasteiger partial charge is 0.239 e. The van der Waals surface area contributed by atoms with E-state index in [9.17, 15) is 14.7 Å². The van der Waals surface area contributed by atoms with Crippen LogP contribution < -0.4 is 27.0 Å². The first-order valence-corrected chi connectivity index (χ1v) is 18.8. The van der Waals surface area contributed by atoms with Gasteiger partial charge in [-0.25, -0.2) is 4.31 Å². The number of aliphatic hydroxyl groups is 1. The van der Waals surface area contributed by atoms with E-state index in [4.69, 9.17) is 5.73 Å². The first kappa shape index (κ1) is 46.1. The van der Waals surface area contributed by atoms with Gasteiger partial charge in [-0.1, -0.05) is 133 Å². The Morgan fingerprint density at radius 1 is 0.939 bits per heavy atom. The molecule has 6 N–H and O–H groups in total. The Morgan fingerprint density at radius 2 is 1.59 bits per heavy atom. The number of aliphatic hydroxyl groups excluding tert-OH is 1. The number of hydrogen-bond acceptors (Lipinski definition) is 7. The quantitative estimate of drug-likeness (QED) is 0.0679. The normalized spacial score (nSPS) is 12.8. The first-order chi connectivity index (χ1) is 23.4. The summed E-state index contributed by atoms with van der Waals surface area (Å²) in [5.41, 5.74) is 8.60. The van der Waals surface area contributed by atoms with E-state index in [0.717, 1.165) is 41.0 Å². The lowest BCUT2D eigenvalue weighted by atomic mass is 10.0. The minimum atomic E-state index is -0.831. The summed E-state index contributed by atoms with van der Waals surface area (Å²) in [7, 11) is 2.65. The SMILES string of the molecule is C/C=C(/N)C=CC/C=C/SN(CC(C)C)CC(O)C(Cc1ccccc1)NC(=O)CNC(=O)CNCc1cccc(P)c1.CC.CC(C)C. The number of nitrogens with one attached hydrogen (secondary N) is 3. The average molecular weight is 714 g/mol. The second-order valence-corrected chi connectivity index (χ2v) is 14.1. The van der Waals surface area contributed by atoms with Gasteiger partial charge < -0.3 is 26.8 Å². The lowest BCUT2D eigenvalue weighted by molar-refractivity contribution is -0.126. The number of rotatable bonds is 19. The number of hydrogen-bond donors (Lipinski definition) is 5. The third kappa shape index (κ3) is 25.7. The van der Waals surface area contributed by atoms with Gasteiger partial charge in [0.15, 0.2) is 0 Å². The number of nitrogens with zero attached hydrogens (tertiary/aromatic N) is 1. The zero-order valence-corrected chi connectivity index (χ0v) is 33.1. The van der Waals surface area contributed by atoms with Crippen LogP contribution in [-0.2, 0) is 22.6 Å². The molecule has 0 spiro atoms. The molecule has 0 aromatic heterocycles. The van der Waals surface area contributed by atoms with Gasteiger partial charge in [0.25, 0.3) is 0 Å². The maximum Gasteiger partial charge on any atom is 0.239 e. The molecular weight excluding hydrogens is 650 g/mol. The van der Waals surface area contributed by atoms with Gasteiger partial charge in [0.1, 0.15) is 0 Å². The lowest BCUT2D eigenvalue weighted by Gasteiger charge is -2.30. The van der Waals surface area contributed by atoms with Gasteiger partial charge in [-0.15, -0.1) is 9.24 Å². The number of carbonyl (C=O) groups is 2. The molecule has 0 bridgehead atoms. The van der Waals surface area contributed by atoms with Crippen molar-refractivity contribution in [2.75, 3.05) is 26.2 Å². The largest absolute Gasteiger partial charge is 0.399 e. The molecule has 2 amide bonds. The number of carbonyl (C=O) groups excluding carboxylic acids is 2. The molecule has 0 radical (unpaired) electrons. The van der Waals surface area contributed by atoms with Gasteiger partial charge in [-0.2, -0.15) is 0 Å². The molecular formula is C39H64N5O3PS. The van der Waals surface area contributed by atoms with Crippen molar-refractivity contribution in [1.29, 1.82) is 0 Å². The summed E-state index contributed by atoms with van der Waals surface area (Å²) in [4.78, 5) is 25.2. The van der Waals surface area contributed by atoms with Crippen LogP contribution in [0.3, 0.4) is 0 Å². The number of benzene rings is 2. The summed E-state index contributed by atoms with van der Waals surface area (Å²) in [5, 5.41) is 23.1. The van der Waals surface area contributed by atoms with Crippen molar-refractivity contribution in [2.45, 2.75) is 86.9 Å². The molecule has 0 heterocycles. The first-order valence-electron chi connectivity index (χ1n) is 17.4. The predicted octanol–water partition coefficient (Wildman–Crippen LogP) is 6.10. The van der Waals surface area contributed by atoms with Crippen LogP contribution in [0.2, 0.25) is 0 Å². The minimum absolute atomic E-state index is 0.0951. The topological polar surface area (TPSA) is 120 Å². The van der Waals surface area contributed by atoms with Gasteiger partial charge in [0.05, 0.1) is 25.2 Å². The molecule has 2 aromatic carbocycles. The fraction of sp³-hybridized carbons (Fsp3) is 0.487. The summed E-state index contributed by atoms with van der Waals surface area (Å²) in [6, 6.07) is 17.2. The molecule has 3 unspecified atom stereocenters. The number of amides is 2. The van der Waals surface area contributed by atoms with Gasteiger partial charge in [0.2, 0.25) is 11.8 Å². The monoisotopic (exact) mass is 713 g/mol. The minimum Gasteiger partial charge on any atom is -0.399 e. The van der Waals surface area contributed by atoms with Gasteiger partial charge in [-0.3, -0.25) is 9.59 Å². The third-order valence-corrected chi connectivity index (χ3v) is 7.57. The van der Waals surface area contributed by atoms with Crippen LogP contribution in [-0.4, -0.2) is 59.6 Å². The maximum absolute atomic E-state index is 12.9. The van der Waals surface area contributed by atoms with Gasteiger partial charge >= 0.3 is 0 Å². The molecule has 0 aliphatic heterocycles. The van der Waals surface area contributed by atoms with Crippen molar-refractivity contribution in [3.8, 4) is 0 Å². The maximum atomic E-state index is 12.9. The summed E-state index contributed by atoms with van der Waals surface area (Å²) in [6.07, 6.45) is 8.16. The Bertz CT molecular complexity index is 1250. The number of nitrogens with two attached hydrogens (primary N) is 1. The molecule has 8 nitrogen and oxygen atoms in total. The molecule has 2 aromatic rings. The van der Waals surface area contributed by atoms with Gasteiger partial charge in [-0.05, 0) is 59.5 Å². The third-order valence-electron chi connectivity index (χ3n) is 6.30. The van der Waals surface area contributed by atoms with E-state index in [0.29, 0.717) is 25.4 Å². The Hall–Kier alpha value is -2.94. The van der Waals surface area contributed by atoms with Crippen molar-refractivity contribution in [3.63, 3.8) is 0 Å². The van der Waals surface area contributed by atoms with Gasteiger partial charge in [0, 0.05) is 25.3 Å². The Kier molecular flexibility index (Phi) is 27.1. The lowest BCUT2D eigenvalue weighted by Crippen LogP contribution is -2.51. The molecule has 49 heavy (non-hydrogen) atoms. The molecule has 0 saturated carbocycles. The van der Waals surface area contributed by atoms with Crippen molar-refractivity contribution < 1.29 is 14.7 Å². The molecule has 0 saturated heterocycles. The summed E-state index contributed by atoms with van der Waals surface area (Å²) in [6.45, 7) is 18.3. The molecule has 10 heteroatoms. The van der Waals surface area contributed by atoms with E-state index in [-0.39, 0.29) is 24.9 Å². The van der Waals surface area contributed by atoms with Crippen molar-refractivity contribution in [3.05, 3.63) is 101 Å². The van der Waals surface area contributed by atoms with Crippen LogP contribution in [0.15, 0.2) is 90.0 Å². The highest BCUT2D eigenvalue weighted by Crippen LogP contribution is 2.17. The standard InChI is InChI=1S/C33H48N5O3PS.C4H10.C2H6/c1-4-28(34)15-9-6-10-17-43-38(23-25(2)3)24-31(39)30(19-26-12-7-5-8-13-26)37-33(41)22-36-32(40)21-35-20-27-14-11-16-29(42)18-27;1-4(2)3;1-2/h4-5,7-18,25,30-31,35,39H,6,19-24,34,42H2,1-3H3,(H,36,40)(H,37,41);4H,1-3H3;1-2H3/b15-9?,17-10+,28-4+;;. The molecule has 0 aliphatic carbocycles.